The van der Waals surface area contributed by atoms with Crippen LogP contribution in [0.25, 0.3) is 0 Å². The molecule has 0 saturated carbocycles. The van der Waals surface area contributed by atoms with Gasteiger partial charge in [-0.1, -0.05) is 6.58 Å². The predicted octanol–water partition coefficient (Wildman–Crippen LogP) is -1.43. The van der Waals surface area contributed by atoms with Crippen molar-refractivity contribution < 1.29 is 54.2 Å². The maximum absolute atomic E-state index is 15.2. The molecule has 1 atom stereocenters. The average Bonchev–Trinajstić information content (AvgIpc) is 3.29. The van der Waals surface area contributed by atoms with Crippen molar-refractivity contribution in [3.63, 3.8) is 0 Å². The summed E-state index contributed by atoms with van der Waals surface area (Å²) in [5.74, 6) is -8.62. The number of aliphatic hydroxyl groups is 4. The second-order valence-electron chi connectivity index (χ2n) is 9.71. The van der Waals surface area contributed by atoms with Crippen molar-refractivity contribution in [1.82, 2.24) is 20.4 Å². The largest absolute Gasteiger partial charge is 0.508 e. The number of rotatable bonds is 7. The highest BCUT2D eigenvalue weighted by molar-refractivity contribution is 6.35. The molecule has 1 unspecified atom stereocenters. The summed E-state index contributed by atoms with van der Waals surface area (Å²) in [5.41, 5.74) is -4.72. The average molecular weight is 574 g/mol. The number of likely N-dealkylation sites (tertiary alicyclic amines) is 1. The van der Waals surface area contributed by atoms with Crippen molar-refractivity contribution in [1.29, 1.82) is 0 Å². The predicted molar refractivity (Wildman–Crippen MR) is 138 cm³/mol. The molecular formula is C25H28BFN4O10. The number of phenolic OH excluding ortho intramolecular Hbond substituents is 2. The number of hydrogen-bond acceptors (Lipinski definition) is 12. The Kier molecular flexibility index (Phi) is 8.19. The van der Waals surface area contributed by atoms with Gasteiger partial charge in [-0.2, -0.15) is 0 Å². The number of imide groups is 1. The second-order valence-corrected chi connectivity index (χ2v) is 9.71. The van der Waals surface area contributed by atoms with Crippen molar-refractivity contribution in [3.05, 3.63) is 52.1 Å². The van der Waals surface area contributed by atoms with E-state index in [2.05, 4.69) is 11.9 Å². The highest BCUT2D eigenvalue weighted by Gasteiger charge is 2.53. The zero-order chi connectivity index (χ0) is 30.2. The number of aliphatic hydroxyl groups excluding tert-OH is 3. The van der Waals surface area contributed by atoms with Crippen molar-refractivity contribution >= 4 is 31.0 Å². The van der Waals surface area contributed by atoms with Crippen LogP contribution in [-0.4, -0.2) is 105 Å². The van der Waals surface area contributed by atoms with Gasteiger partial charge < -0.3 is 40.7 Å². The first-order chi connectivity index (χ1) is 19.3. The lowest BCUT2D eigenvalue weighted by Gasteiger charge is -2.37. The number of aromatic hydroxyl groups is 2. The van der Waals surface area contributed by atoms with Gasteiger partial charge >= 0.3 is 0 Å². The third-order valence-electron chi connectivity index (χ3n) is 7.18. The fourth-order valence-electron chi connectivity index (χ4n) is 4.80. The van der Waals surface area contributed by atoms with E-state index in [-0.39, 0.29) is 18.5 Å². The Bertz CT molecular complexity index is 1360. The minimum atomic E-state index is -2.54. The van der Waals surface area contributed by atoms with Crippen LogP contribution >= 0.6 is 0 Å². The smallest absolute Gasteiger partial charge is 0.279 e. The Morgan fingerprint density at radius 3 is 2.39 bits per heavy atom. The Hall–Kier alpha value is -4.28. The molecule has 2 radical (unpaired) electrons. The summed E-state index contributed by atoms with van der Waals surface area (Å²) in [6.07, 6.45) is -0.809. The Morgan fingerprint density at radius 1 is 1.12 bits per heavy atom. The number of carbonyl (C=O) groups excluding carboxylic acids is 3. The van der Waals surface area contributed by atoms with Crippen LogP contribution in [0.5, 0.6) is 11.5 Å². The number of hydrogen-bond donors (Lipinski definition) is 8. The lowest BCUT2D eigenvalue weighted by molar-refractivity contribution is -0.177. The molecule has 3 amide bonds. The number of carbonyl (C=O) groups is 3. The third-order valence-corrected chi connectivity index (χ3v) is 7.18. The Morgan fingerprint density at radius 2 is 1.78 bits per heavy atom. The van der Waals surface area contributed by atoms with Crippen LogP contribution in [0.3, 0.4) is 0 Å². The van der Waals surface area contributed by atoms with E-state index < -0.39 is 99.8 Å². The molecule has 218 valence electrons. The number of nitrogens with one attached hydrogen (secondary N) is 2. The van der Waals surface area contributed by atoms with Crippen LogP contribution in [0.15, 0.2) is 35.1 Å². The summed E-state index contributed by atoms with van der Waals surface area (Å²) in [6, 6.07) is 0. The standard InChI is InChI=1S/C25H28BFN4O10/c1-11(32)19(34)16-13(10-31(23(16)38)25(40)3-2-15(33)29-24(25)39)22(37)28-8-12-17(26)20(35)14(21(36)18(12)27)9-30-4-6-41-7-5-30/h28,32,34-37,40H,1-10H2,(H,29,33,39)/b19-16-,22-13-. The first-order valence-electron chi connectivity index (χ1n) is 12.4. The molecule has 0 spiro atoms. The molecule has 16 heteroatoms. The Labute approximate surface area is 234 Å². The molecule has 3 aliphatic heterocycles. The van der Waals surface area contributed by atoms with E-state index in [1.165, 1.54) is 0 Å². The van der Waals surface area contributed by atoms with Crippen molar-refractivity contribution in [2.45, 2.75) is 31.7 Å². The van der Waals surface area contributed by atoms with Gasteiger partial charge in [-0.3, -0.25) is 29.5 Å². The van der Waals surface area contributed by atoms with E-state index in [1.54, 1.807) is 0 Å². The first-order valence-corrected chi connectivity index (χ1v) is 12.4. The van der Waals surface area contributed by atoms with Crippen molar-refractivity contribution in [2.75, 3.05) is 32.8 Å². The second kappa shape index (κ2) is 11.3. The number of amides is 3. The molecule has 41 heavy (non-hydrogen) atoms. The number of nitrogens with zero attached hydrogens (tertiary/aromatic N) is 2. The normalized spacial score (nSPS) is 24.3. The van der Waals surface area contributed by atoms with Gasteiger partial charge in [0.2, 0.25) is 11.6 Å². The summed E-state index contributed by atoms with van der Waals surface area (Å²) in [7, 11) is 5.96. The Balaban J connectivity index is 1.65. The van der Waals surface area contributed by atoms with Gasteiger partial charge in [0.05, 0.1) is 30.9 Å². The molecular weight excluding hydrogens is 546 g/mol. The number of benzene rings is 1. The SMILES string of the molecule is [B]c1c(O)c(CN2CCOCC2)c(O)c(F)c1CN/C(O)=C1\CN(C2(O)CCC(=O)NC2=O)C(=O)\C1=C(/O)C(=C)O. The van der Waals surface area contributed by atoms with Gasteiger partial charge in [0.1, 0.15) is 13.6 Å². The molecule has 1 aromatic rings. The monoisotopic (exact) mass is 574 g/mol. The minimum absolute atomic E-state index is 0.0103. The molecule has 3 aliphatic rings. The minimum Gasteiger partial charge on any atom is -0.508 e. The number of phenols is 2. The summed E-state index contributed by atoms with van der Waals surface area (Å²) in [4.78, 5) is 39.5. The topological polar surface area (TPSA) is 212 Å². The van der Waals surface area contributed by atoms with E-state index >= 15 is 4.39 Å². The number of piperidine rings is 1. The van der Waals surface area contributed by atoms with Crippen LogP contribution < -0.4 is 16.1 Å². The maximum atomic E-state index is 15.2. The molecule has 3 saturated heterocycles. The molecule has 0 aromatic heterocycles. The first kappa shape index (κ1) is 29.7. The molecule has 4 rings (SSSR count). The molecule has 0 bridgehead atoms. The van der Waals surface area contributed by atoms with E-state index in [0.29, 0.717) is 31.2 Å². The molecule has 0 aliphatic carbocycles. The third kappa shape index (κ3) is 5.40. The van der Waals surface area contributed by atoms with E-state index in [1.807, 2.05) is 10.2 Å². The van der Waals surface area contributed by atoms with Crippen molar-refractivity contribution in [2.24, 2.45) is 0 Å². The quantitative estimate of drug-likeness (QED) is 0.0816. The van der Waals surface area contributed by atoms with Crippen LogP contribution in [0, 0.1) is 5.82 Å². The van der Waals surface area contributed by atoms with Crippen molar-refractivity contribution in [3.8, 4) is 11.5 Å². The summed E-state index contributed by atoms with van der Waals surface area (Å²) in [6.45, 7) is 3.58. The molecule has 1 aromatic carbocycles. The maximum Gasteiger partial charge on any atom is 0.279 e. The molecule has 3 fully saturated rings. The van der Waals surface area contributed by atoms with Crippen LogP contribution in [0.1, 0.15) is 24.0 Å². The fraction of sp³-hybridized carbons (Fsp3) is 0.400. The van der Waals surface area contributed by atoms with Crippen LogP contribution in [0.2, 0.25) is 0 Å². The molecule has 3 heterocycles. The zero-order valence-electron chi connectivity index (χ0n) is 21.7. The lowest BCUT2D eigenvalue weighted by atomic mass is 9.86. The van der Waals surface area contributed by atoms with Crippen LogP contribution in [-0.2, 0) is 32.2 Å². The van der Waals surface area contributed by atoms with E-state index in [9.17, 15) is 45.0 Å². The lowest BCUT2D eigenvalue weighted by Crippen LogP contribution is -2.63. The summed E-state index contributed by atoms with van der Waals surface area (Å²) >= 11 is 0. The summed E-state index contributed by atoms with van der Waals surface area (Å²) in [5, 5.41) is 67.2. The zero-order valence-corrected chi connectivity index (χ0v) is 21.7. The number of halogens is 1. The van der Waals surface area contributed by atoms with Gasteiger partial charge in [0, 0.05) is 50.2 Å². The fourth-order valence-corrected chi connectivity index (χ4v) is 4.80. The highest BCUT2D eigenvalue weighted by Crippen LogP contribution is 2.36. The van der Waals surface area contributed by atoms with Gasteiger partial charge in [0.15, 0.2) is 29.0 Å². The van der Waals surface area contributed by atoms with Gasteiger partial charge in [-0.15, -0.1) is 0 Å². The summed E-state index contributed by atoms with van der Waals surface area (Å²) < 4.78 is 20.5. The van der Waals surface area contributed by atoms with Gasteiger partial charge in [0.25, 0.3) is 11.8 Å². The number of ether oxygens (including phenoxy) is 1. The molecule has 8 N–H and O–H groups in total. The van der Waals surface area contributed by atoms with Gasteiger partial charge in [-0.05, 0) is 5.46 Å². The van der Waals surface area contributed by atoms with Gasteiger partial charge in [-0.25, -0.2) is 4.39 Å². The van der Waals surface area contributed by atoms with Crippen LogP contribution in [0.4, 0.5) is 4.39 Å². The van der Waals surface area contributed by atoms with E-state index in [4.69, 9.17) is 12.6 Å². The highest BCUT2D eigenvalue weighted by atomic mass is 19.1. The van der Waals surface area contributed by atoms with E-state index in [0.717, 1.165) is 0 Å². The molecule has 14 nitrogen and oxygen atoms in total. The number of morpholine rings is 1.